The first-order chi connectivity index (χ1) is 5.18. The van der Waals surface area contributed by atoms with Crippen LogP contribution in [0.1, 0.15) is 0 Å². The van der Waals surface area contributed by atoms with Gasteiger partial charge in [0.25, 0.3) is 0 Å². The second-order valence-electron chi connectivity index (χ2n) is 2.05. The standard InChI is InChI=1S/C7H9OPS2/c1-11(8)10-7-4-2-6(9)3-5-7/h2-5H,9H2,1H3. The average Bonchev–Trinajstić information content (AvgIpc) is 1.93. The molecule has 1 aromatic rings. The van der Waals surface area contributed by atoms with E-state index in [9.17, 15) is 4.21 Å². The van der Waals surface area contributed by atoms with Gasteiger partial charge in [-0.1, -0.05) is 12.1 Å². The van der Waals surface area contributed by atoms with Gasteiger partial charge in [0.15, 0.2) is 0 Å². The SMILES string of the molecule is CS(=O)Sc1ccc(P)cc1. The highest BCUT2D eigenvalue weighted by molar-refractivity contribution is 8.68. The Morgan fingerprint density at radius 3 is 2.36 bits per heavy atom. The van der Waals surface area contributed by atoms with Crippen molar-refractivity contribution in [3.63, 3.8) is 0 Å². The summed E-state index contributed by atoms with van der Waals surface area (Å²) in [6.45, 7) is 0. The van der Waals surface area contributed by atoms with E-state index in [-0.39, 0.29) is 0 Å². The second-order valence-corrected chi connectivity index (χ2v) is 6.07. The molecule has 0 N–H and O–H groups in total. The van der Waals surface area contributed by atoms with Gasteiger partial charge in [0.2, 0.25) is 0 Å². The van der Waals surface area contributed by atoms with Gasteiger partial charge in [-0.05, 0) is 28.2 Å². The van der Waals surface area contributed by atoms with E-state index in [1.807, 2.05) is 24.3 Å². The van der Waals surface area contributed by atoms with E-state index in [1.165, 1.54) is 10.8 Å². The summed E-state index contributed by atoms with van der Waals surface area (Å²) < 4.78 is 10.8. The fourth-order valence-electron chi connectivity index (χ4n) is 0.659. The zero-order valence-electron chi connectivity index (χ0n) is 6.11. The zero-order chi connectivity index (χ0) is 8.27. The lowest BCUT2D eigenvalue weighted by molar-refractivity contribution is 0.695. The summed E-state index contributed by atoms with van der Waals surface area (Å²) in [5, 5.41) is 1.15. The van der Waals surface area contributed by atoms with Crippen molar-refractivity contribution in [3.8, 4) is 0 Å². The van der Waals surface area contributed by atoms with Crippen molar-refractivity contribution in [2.24, 2.45) is 0 Å². The maximum absolute atomic E-state index is 10.8. The predicted octanol–water partition coefficient (Wildman–Crippen LogP) is 1.57. The molecule has 0 aromatic heterocycles. The maximum Gasteiger partial charge on any atom is 0.0821 e. The molecule has 0 amide bonds. The van der Waals surface area contributed by atoms with Gasteiger partial charge in [0, 0.05) is 11.2 Å². The molecule has 1 aromatic carbocycles. The molecular formula is C7H9OPS2. The molecule has 2 atom stereocenters. The number of benzene rings is 1. The molecule has 0 radical (unpaired) electrons. The topological polar surface area (TPSA) is 17.1 Å². The number of hydrogen-bond donors (Lipinski definition) is 0. The minimum Gasteiger partial charge on any atom is -0.248 e. The Bertz CT molecular complexity index is 258. The lowest BCUT2D eigenvalue weighted by Gasteiger charge is -1.96. The Hall–Kier alpha value is 0.150. The minimum absolute atomic E-state index is 0.813. The van der Waals surface area contributed by atoms with Gasteiger partial charge < -0.3 is 0 Å². The highest BCUT2D eigenvalue weighted by Crippen LogP contribution is 2.19. The quantitative estimate of drug-likeness (QED) is 0.537. The van der Waals surface area contributed by atoms with Crippen molar-refractivity contribution in [1.82, 2.24) is 0 Å². The van der Waals surface area contributed by atoms with Gasteiger partial charge in [-0.15, -0.1) is 9.24 Å². The molecule has 0 spiro atoms. The molecule has 0 aliphatic carbocycles. The van der Waals surface area contributed by atoms with Gasteiger partial charge in [0.05, 0.1) is 9.83 Å². The van der Waals surface area contributed by atoms with Gasteiger partial charge in [0.1, 0.15) is 0 Å². The first-order valence-corrected chi connectivity index (χ1v) is 6.52. The van der Waals surface area contributed by atoms with Crippen molar-refractivity contribution >= 4 is 35.2 Å². The van der Waals surface area contributed by atoms with Gasteiger partial charge in [-0.3, -0.25) is 0 Å². The number of hydrogen-bond acceptors (Lipinski definition) is 2. The third-order valence-electron chi connectivity index (χ3n) is 1.09. The van der Waals surface area contributed by atoms with Crippen LogP contribution in [0.5, 0.6) is 0 Å². The van der Waals surface area contributed by atoms with Crippen LogP contribution in [0.3, 0.4) is 0 Å². The second kappa shape index (κ2) is 4.24. The van der Waals surface area contributed by atoms with Gasteiger partial charge in [-0.2, -0.15) is 0 Å². The molecule has 0 aliphatic heterocycles. The van der Waals surface area contributed by atoms with Crippen molar-refractivity contribution < 1.29 is 4.21 Å². The van der Waals surface area contributed by atoms with Crippen molar-refractivity contribution in [2.75, 3.05) is 6.26 Å². The third kappa shape index (κ3) is 3.37. The highest BCUT2D eigenvalue weighted by Gasteiger charge is 1.94. The smallest absolute Gasteiger partial charge is 0.0821 e. The third-order valence-corrected chi connectivity index (χ3v) is 3.46. The fourth-order valence-corrected chi connectivity index (χ4v) is 2.52. The van der Waals surface area contributed by atoms with E-state index in [2.05, 4.69) is 9.24 Å². The first kappa shape index (κ1) is 9.24. The molecule has 0 aliphatic rings. The molecule has 0 heterocycles. The molecule has 0 saturated heterocycles. The summed E-state index contributed by atoms with van der Waals surface area (Å²) in [5.74, 6) is 0. The van der Waals surface area contributed by atoms with Crippen LogP contribution in [-0.4, -0.2) is 10.5 Å². The van der Waals surface area contributed by atoms with Crippen molar-refractivity contribution in [2.45, 2.75) is 4.90 Å². The Kier molecular flexibility index (Phi) is 3.57. The van der Waals surface area contributed by atoms with E-state index in [0.29, 0.717) is 0 Å². The summed E-state index contributed by atoms with van der Waals surface area (Å²) >= 11 is 0. The van der Waals surface area contributed by atoms with Crippen LogP contribution >= 0.6 is 20.0 Å². The normalized spacial score (nSPS) is 12.9. The van der Waals surface area contributed by atoms with Crippen LogP contribution in [-0.2, 0) is 9.83 Å². The van der Waals surface area contributed by atoms with Crippen LogP contribution in [0.4, 0.5) is 0 Å². The van der Waals surface area contributed by atoms with Gasteiger partial charge >= 0.3 is 0 Å². The Morgan fingerprint density at radius 1 is 1.36 bits per heavy atom. The average molecular weight is 204 g/mol. The molecule has 4 heteroatoms. The lowest BCUT2D eigenvalue weighted by atomic mass is 10.4. The maximum atomic E-state index is 10.8. The molecule has 1 rings (SSSR count). The van der Waals surface area contributed by atoms with Crippen molar-refractivity contribution in [3.05, 3.63) is 24.3 Å². The molecule has 0 fully saturated rings. The Balaban J connectivity index is 2.74. The minimum atomic E-state index is -0.813. The summed E-state index contributed by atoms with van der Waals surface area (Å²) in [6, 6.07) is 7.91. The summed E-state index contributed by atoms with van der Waals surface area (Å²) in [4.78, 5) is 1.05. The van der Waals surface area contributed by atoms with Crippen LogP contribution in [0.2, 0.25) is 0 Å². The summed E-state index contributed by atoms with van der Waals surface area (Å²) in [7, 11) is 3.17. The Labute approximate surface area is 75.0 Å². The van der Waals surface area contributed by atoms with Crippen LogP contribution in [0, 0.1) is 0 Å². The highest BCUT2D eigenvalue weighted by atomic mass is 33.1. The molecule has 2 unspecified atom stereocenters. The summed E-state index contributed by atoms with van der Waals surface area (Å²) in [5.41, 5.74) is 0. The zero-order valence-corrected chi connectivity index (χ0v) is 8.90. The molecule has 60 valence electrons. The first-order valence-electron chi connectivity index (χ1n) is 3.06. The monoisotopic (exact) mass is 204 g/mol. The lowest BCUT2D eigenvalue weighted by Crippen LogP contribution is -1.87. The predicted molar refractivity (Wildman–Crippen MR) is 55.7 cm³/mol. The van der Waals surface area contributed by atoms with E-state index in [4.69, 9.17) is 0 Å². The van der Waals surface area contributed by atoms with E-state index in [0.717, 1.165) is 10.2 Å². The van der Waals surface area contributed by atoms with Crippen LogP contribution in [0.25, 0.3) is 0 Å². The van der Waals surface area contributed by atoms with Crippen LogP contribution in [0.15, 0.2) is 29.2 Å². The number of rotatable bonds is 2. The molecule has 1 nitrogen and oxygen atoms in total. The molecule has 11 heavy (non-hydrogen) atoms. The Morgan fingerprint density at radius 2 is 1.91 bits per heavy atom. The largest absolute Gasteiger partial charge is 0.248 e. The van der Waals surface area contributed by atoms with E-state index >= 15 is 0 Å². The summed E-state index contributed by atoms with van der Waals surface area (Å²) in [6.07, 6.45) is 1.68. The molecular weight excluding hydrogens is 195 g/mol. The van der Waals surface area contributed by atoms with E-state index < -0.39 is 9.83 Å². The molecule has 0 bridgehead atoms. The fraction of sp³-hybridized carbons (Fsp3) is 0.143. The van der Waals surface area contributed by atoms with Crippen molar-refractivity contribution in [1.29, 1.82) is 0 Å². The molecule has 0 saturated carbocycles. The van der Waals surface area contributed by atoms with Crippen LogP contribution < -0.4 is 5.30 Å². The van der Waals surface area contributed by atoms with E-state index in [1.54, 1.807) is 6.26 Å². The van der Waals surface area contributed by atoms with Gasteiger partial charge in [-0.25, -0.2) is 4.21 Å².